The minimum Gasteiger partial charge on any atom is -0.358 e. The van der Waals surface area contributed by atoms with E-state index in [0.29, 0.717) is 23.1 Å². The summed E-state index contributed by atoms with van der Waals surface area (Å²) in [6, 6.07) is 4.46. The molecule has 0 atom stereocenters. The zero-order valence-corrected chi connectivity index (χ0v) is 17.7. The molecule has 2 aromatic rings. The fraction of sp³-hybridized carbons (Fsp3) is 0.417. The molecule has 1 heterocycles. The Morgan fingerprint density at radius 3 is 2.66 bits per heavy atom. The molecule has 154 valence electrons. The summed E-state index contributed by atoms with van der Waals surface area (Å²) >= 11 is 0. The number of hydrogen-bond acceptors (Lipinski definition) is 3. The Kier molecular flexibility index (Phi) is 6.48. The molecule has 3 rings (SSSR count). The number of aromatic amines is 1. The van der Waals surface area contributed by atoms with Crippen molar-refractivity contribution in [2.75, 3.05) is 19.6 Å². The van der Waals surface area contributed by atoms with Gasteiger partial charge in [-0.2, -0.15) is 0 Å². The second kappa shape index (κ2) is 8.87. The van der Waals surface area contributed by atoms with Gasteiger partial charge in [-0.25, -0.2) is 4.39 Å². The second-order valence-electron chi connectivity index (χ2n) is 7.68. The lowest BCUT2D eigenvalue weighted by atomic mass is 10.0. The van der Waals surface area contributed by atoms with Crippen molar-refractivity contribution in [3.05, 3.63) is 57.7 Å². The number of benzene rings is 1. The van der Waals surface area contributed by atoms with E-state index in [9.17, 15) is 14.0 Å². The van der Waals surface area contributed by atoms with Crippen LogP contribution >= 0.6 is 0 Å². The first-order chi connectivity index (χ1) is 13.8. The Morgan fingerprint density at radius 2 is 1.97 bits per heavy atom. The molecule has 0 amide bonds. The highest BCUT2D eigenvalue weighted by Gasteiger charge is 2.26. The average Bonchev–Trinajstić information content (AvgIpc) is 3.14. The summed E-state index contributed by atoms with van der Waals surface area (Å²) in [6.45, 7) is 10.9. The number of aryl methyl sites for hydroxylation is 1. The molecule has 29 heavy (non-hydrogen) atoms. The predicted octanol–water partition coefficient (Wildman–Crippen LogP) is 4.74. The highest BCUT2D eigenvalue weighted by Crippen LogP contribution is 2.33. The highest BCUT2D eigenvalue weighted by atomic mass is 19.1. The van der Waals surface area contributed by atoms with E-state index in [1.807, 2.05) is 13.8 Å². The monoisotopic (exact) mass is 396 g/mol. The third kappa shape index (κ3) is 4.40. The van der Waals surface area contributed by atoms with Crippen LogP contribution < -0.4 is 0 Å². The Balaban J connectivity index is 1.83. The summed E-state index contributed by atoms with van der Waals surface area (Å²) in [5, 5.41) is 0. The number of nitrogens with one attached hydrogen (secondary N) is 1. The van der Waals surface area contributed by atoms with Crippen LogP contribution in [0.4, 0.5) is 4.39 Å². The SMILES string of the molecule is CCN(CC)CCCC(=O)c1c(C)[nH]c(C=C2C(=O)Cc3ccc(F)cc32)c1C. The first kappa shape index (κ1) is 21.2. The first-order valence-corrected chi connectivity index (χ1v) is 10.3. The Hall–Kier alpha value is -2.53. The van der Waals surface area contributed by atoms with Crippen LogP contribution in [0.25, 0.3) is 11.6 Å². The van der Waals surface area contributed by atoms with Crippen molar-refractivity contribution in [3.63, 3.8) is 0 Å². The number of ketones is 2. The van der Waals surface area contributed by atoms with E-state index < -0.39 is 0 Å². The van der Waals surface area contributed by atoms with Crippen LogP contribution in [0.15, 0.2) is 18.2 Å². The largest absolute Gasteiger partial charge is 0.358 e. The molecular formula is C24H29FN2O2. The zero-order chi connectivity index (χ0) is 21.1. The van der Waals surface area contributed by atoms with Gasteiger partial charge in [0.25, 0.3) is 0 Å². The van der Waals surface area contributed by atoms with Crippen LogP contribution in [-0.2, 0) is 11.2 Å². The van der Waals surface area contributed by atoms with Crippen LogP contribution in [0.1, 0.15) is 65.1 Å². The molecule has 0 saturated heterocycles. The minimum absolute atomic E-state index is 0.0237. The summed E-state index contributed by atoms with van der Waals surface area (Å²) in [7, 11) is 0. The van der Waals surface area contributed by atoms with Gasteiger partial charge in [-0.15, -0.1) is 0 Å². The maximum atomic E-state index is 13.7. The molecule has 1 aliphatic carbocycles. The Labute approximate surface area is 171 Å². The van der Waals surface area contributed by atoms with Crippen molar-refractivity contribution < 1.29 is 14.0 Å². The Morgan fingerprint density at radius 1 is 1.24 bits per heavy atom. The van der Waals surface area contributed by atoms with Gasteiger partial charge in [0, 0.05) is 35.4 Å². The average molecular weight is 397 g/mol. The number of rotatable bonds is 8. The van der Waals surface area contributed by atoms with E-state index in [1.165, 1.54) is 12.1 Å². The number of fused-ring (bicyclic) bond motifs is 1. The van der Waals surface area contributed by atoms with Crippen molar-refractivity contribution in [2.45, 2.75) is 47.0 Å². The van der Waals surface area contributed by atoms with Crippen molar-refractivity contribution in [1.29, 1.82) is 0 Å². The number of carbonyl (C=O) groups is 2. The van der Waals surface area contributed by atoms with Crippen LogP contribution in [0.5, 0.6) is 0 Å². The molecule has 0 radical (unpaired) electrons. The van der Waals surface area contributed by atoms with E-state index in [2.05, 4.69) is 23.7 Å². The van der Waals surface area contributed by atoms with Gasteiger partial charge in [0.1, 0.15) is 5.82 Å². The lowest BCUT2D eigenvalue weighted by molar-refractivity contribution is -0.112. The van der Waals surface area contributed by atoms with Crippen molar-refractivity contribution >= 4 is 23.2 Å². The maximum absolute atomic E-state index is 13.7. The van der Waals surface area contributed by atoms with Crippen LogP contribution in [-0.4, -0.2) is 41.1 Å². The van der Waals surface area contributed by atoms with Gasteiger partial charge in [-0.3, -0.25) is 9.59 Å². The van der Waals surface area contributed by atoms with Crippen molar-refractivity contribution in [1.82, 2.24) is 9.88 Å². The third-order valence-corrected chi connectivity index (χ3v) is 5.83. The van der Waals surface area contributed by atoms with Gasteiger partial charge in [0.15, 0.2) is 11.6 Å². The molecule has 1 aromatic heterocycles. The normalized spacial score (nSPS) is 14.8. The lowest BCUT2D eigenvalue weighted by Crippen LogP contribution is -2.24. The number of hydrogen-bond donors (Lipinski definition) is 1. The topological polar surface area (TPSA) is 53.2 Å². The summed E-state index contributed by atoms with van der Waals surface area (Å²) in [6.07, 6.45) is 3.38. The number of aromatic nitrogens is 1. The minimum atomic E-state index is -0.354. The predicted molar refractivity (Wildman–Crippen MR) is 115 cm³/mol. The van der Waals surface area contributed by atoms with Gasteiger partial charge >= 0.3 is 0 Å². The van der Waals surface area contributed by atoms with Gasteiger partial charge < -0.3 is 9.88 Å². The quantitative estimate of drug-likeness (QED) is 0.518. The van der Waals surface area contributed by atoms with Gasteiger partial charge in [0.2, 0.25) is 0 Å². The van der Waals surface area contributed by atoms with E-state index in [1.54, 1.807) is 12.1 Å². The first-order valence-electron chi connectivity index (χ1n) is 10.3. The number of halogens is 1. The fourth-order valence-electron chi connectivity index (χ4n) is 4.14. The lowest BCUT2D eigenvalue weighted by Gasteiger charge is -2.17. The molecule has 0 fully saturated rings. The van der Waals surface area contributed by atoms with Crippen LogP contribution in [0.3, 0.4) is 0 Å². The number of nitrogens with zero attached hydrogens (tertiary/aromatic N) is 1. The second-order valence-corrected chi connectivity index (χ2v) is 7.68. The Bertz CT molecular complexity index is 968. The number of carbonyl (C=O) groups excluding carboxylic acids is 2. The molecule has 1 N–H and O–H groups in total. The molecule has 0 bridgehead atoms. The fourth-order valence-corrected chi connectivity index (χ4v) is 4.14. The van der Waals surface area contributed by atoms with E-state index in [0.717, 1.165) is 48.6 Å². The molecule has 0 unspecified atom stereocenters. The number of Topliss-reactive ketones (excluding diaryl/α,β-unsaturated/α-hetero) is 2. The molecule has 1 aliphatic rings. The van der Waals surface area contributed by atoms with E-state index in [-0.39, 0.29) is 23.8 Å². The summed E-state index contributed by atoms with van der Waals surface area (Å²) in [5.41, 5.74) is 5.11. The molecule has 1 aromatic carbocycles. The molecule has 0 saturated carbocycles. The zero-order valence-electron chi connectivity index (χ0n) is 17.7. The summed E-state index contributed by atoms with van der Waals surface area (Å²) in [5.74, 6) is -0.255. The van der Waals surface area contributed by atoms with E-state index in [4.69, 9.17) is 0 Å². The molecule has 0 aliphatic heterocycles. The third-order valence-electron chi connectivity index (χ3n) is 5.83. The van der Waals surface area contributed by atoms with Crippen LogP contribution in [0.2, 0.25) is 0 Å². The standard InChI is InChI=1S/C24H29FN2O2/c1-5-27(6-2)11-7-8-22(28)24-15(3)21(26-16(24)4)14-20-19-13-18(25)10-9-17(19)12-23(20)29/h9-10,13-14,26H,5-8,11-12H2,1-4H3. The van der Waals surface area contributed by atoms with Crippen LogP contribution in [0, 0.1) is 19.7 Å². The van der Waals surface area contributed by atoms with Gasteiger partial charge in [-0.1, -0.05) is 19.9 Å². The molecule has 0 spiro atoms. The maximum Gasteiger partial charge on any atom is 0.167 e. The summed E-state index contributed by atoms with van der Waals surface area (Å²) < 4.78 is 13.7. The van der Waals surface area contributed by atoms with Crippen molar-refractivity contribution in [3.8, 4) is 0 Å². The molecular weight excluding hydrogens is 367 g/mol. The van der Waals surface area contributed by atoms with Crippen molar-refractivity contribution in [2.24, 2.45) is 0 Å². The summed E-state index contributed by atoms with van der Waals surface area (Å²) in [4.78, 5) is 30.9. The highest BCUT2D eigenvalue weighted by molar-refractivity contribution is 6.29. The smallest absolute Gasteiger partial charge is 0.167 e. The van der Waals surface area contributed by atoms with Gasteiger partial charge in [0.05, 0.1) is 0 Å². The van der Waals surface area contributed by atoms with Gasteiger partial charge in [-0.05, 0) is 74.8 Å². The van der Waals surface area contributed by atoms with E-state index >= 15 is 0 Å². The number of H-pyrrole nitrogens is 1. The number of allylic oxidation sites excluding steroid dienone is 1. The molecule has 5 heteroatoms. The molecule has 4 nitrogen and oxygen atoms in total.